The summed E-state index contributed by atoms with van der Waals surface area (Å²) in [5.41, 5.74) is 2.96. The number of hydrogen-bond acceptors (Lipinski definition) is 2. The lowest BCUT2D eigenvalue weighted by Crippen LogP contribution is -1.84. The van der Waals surface area contributed by atoms with Crippen LogP contribution in [0.25, 0.3) is 0 Å². The van der Waals surface area contributed by atoms with Crippen molar-refractivity contribution in [1.29, 1.82) is 5.26 Å². The Hall–Kier alpha value is -1.30. The monoisotopic (exact) mass is 135 g/mol. The first-order chi connectivity index (χ1) is 4.75. The van der Waals surface area contributed by atoms with Gasteiger partial charge in [-0.3, -0.25) is 5.10 Å². The molecular formula is C7H9N3. The molecule has 3 nitrogen and oxygen atoms in total. The highest BCUT2D eigenvalue weighted by Crippen LogP contribution is 2.08. The molecule has 1 heterocycles. The zero-order valence-corrected chi connectivity index (χ0v) is 6.10. The summed E-state index contributed by atoms with van der Waals surface area (Å²) in [5, 5.41) is 15.2. The molecule has 0 amide bonds. The van der Waals surface area contributed by atoms with Crippen molar-refractivity contribution in [2.45, 2.75) is 20.3 Å². The number of nitrogens with one attached hydrogen (secondary N) is 1. The van der Waals surface area contributed by atoms with Crippen LogP contribution >= 0.6 is 0 Å². The first-order valence-corrected chi connectivity index (χ1v) is 3.13. The average molecular weight is 135 g/mol. The van der Waals surface area contributed by atoms with Crippen LogP contribution in [0.4, 0.5) is 0 Å². The van der Waals surface area contributed by atoms with E-state index in [-0.39, 0.29) is 0 Å². The van der Waals surface area contributed by atoms with E-state index in [1.165, 1.54) is 0 Å². The number of rotatable bonds is 1. The van der Waals surface area contributed by atoms with E-state index in [1.54, 1.807) is 0 Å². The van der Waals surface area contributed by atoms with Gasteiger partial charge >= 0.3 is 0 Å². The molecule has 1 N–H and O–H groups in total. The molecule has 0 spiro atoms. The Bertz CT molecular complexity index is 247. The van der Waals surface area contributed by atoms with E-state index >= 15 is 0 Å². The van der Waals surface area contributed by atoms with Crippen molar-refractivity contribution in [2.75, 3.05) is 0 Å². The summed E-state index contributed by atoms with van der Waals surface area (Å²) in [4.78, 5) is 0. The van der Waals surface area contributed by atoms with Gasteiger partial charge in [0.2, 0.25) is 0 Å². The van der Waals surface area contributed by atoms with E-state index in [0.717, 1.165) is 17.0 Å². The van der Waals surface area contributed by atoms with Gasteiger partial charge in [-0.1, -0.05) is 0 Å². The lowest BCUT2D eigenvalue weighted by atomic mass is 10.1. The molecule has 0 saturated carbocycles. The molecule has 0 aliphatic rings. The van der Waals surface area contributed by atoms with Gasteiger partial charge < -0.3 is 0 Å². The third kappa shape index (κ3) is 1.01. The molecular weight excluding hydrogens is 126 g/mol. The Labute approximate surface area is 59.7 Å². The van der Waals surface area contributed by atoms with E-state index < -0.39 is 0 Å². The van der Waals surface area contributed by atoms with Crippen molar-refractivity contribution < 1.29 is 0 Å². The third-order valence-electron chi connectivity index (χ3n) is 1.54. The highest BCUT2D eigenvalue weighted by Gasteiger charge is 2.03. The minimum Gasteiger partial charge on any atom is -0.282 e. The summed E-state index contributed by atoms with van der Waals surface area (Å²) >= 11 is 0. The predicted octanol–water partition coefficient (Wildman–Crippen LogP) is 1.09. The van der Waals surface area contributed by atoms with Crippen LogP contribution in [-0.4, -0.2) is 10.2 Å². The zero-order valence-electron chi connectivity index (χ0n) is 6.10. The quantitative estimate of drug-likeness (QED) is 0.626. The Morgan fingerprint density at radius 1 is 1.60 bits per heavy atom. The second-order valence-corrected chi connectivity index (χ2v) is 2.25. The van der Waals surface area contributed by atoms with Crippen molar-refractivity contribution in [1.82, 2.24) is 10.2 Å². The number of H-pyrrole nitrogens is 1. The van der Waals surface area contributed by atoms with Crippen LogP contribution in [0.5, 0.6) is 0 Å². The van der Waals surface area contributed by atoms with Crippen molar-refractivity contribution in [3.8, 4) is 6.07 Å². The first-order valence-electron chi connectivity index (χ1n) is 3.13. The summed E-state index contributed by atoms with van der Waals surface area (Å²) < 4.78 is 0. The largest absolute Gasteiger partial charge is 0.282 e. The third-order valence-corrected chi connectivity index (χ3v) is 1.54. The zero-order chi connectivity index (χ0) is 7.56. The number of aromatic nitrogens is 2. The van der Waals surface area contributed by atoms with E-state index in [0.29, 0.717) is 6.42 Å². The van der Waals surface area contributed by atoms with Gasteiger partial charge in [0.1, 0.15) is 0 Å². The molecule has 1 rings (SSSR count). The first kappa shape index (κ1) is 6.81. The summed E-state index contributed by atoms with van der Waals surface area (Å²) in [7, 11) is 0. The minimum atomic E-state index is 0.453. The fraction of sp³-hybridized carbons (Fsp3) is 0.429. The fourth-order valence-corrected chi connectivity index (χ4v) is 0.914. The van der Waals surface area contributed by atoms with Crippen LogP contribution in [0.15, 0.2) is 0 Å². The normalized spacial score (nSPS) is 9.30. The molecule has 0 aromatic carbocycles. The topological polar surface area (TPSA) is 52.5 Å². The second-order valence-electron chi connectivity index (χ2n) is 2.25. The van der Waals surface area contributed by atoms with Gasteiger partial charge in [0.05, 0.1) is 18.2 Å². The molecule has 0 atom stereocenters. The van der Waals surface area contributed by atoms with Crippen LogP contribution in [0.3, 0.4) is 0 Å². The molecule has 0 unspecified atom stereocenters. The number of nitriles is 1. The van der Waals surface area contributed by atoms with Crippen molar-refractivity contribution >= 4 is 0 Å². The molecule has 10 heavy (non-hydrogen) atoms. The maximum atomic E-state index is 8.40. The van der Waals surface area contributed by atoms with Crippen molar-refractivity contribution in [3.05, 3.63) is 17.0 Å². The van der Waals surface area contributed by atoms with Gasteiger partial charge in [-0.15, -0.1) is 0 Å². The number of aromatic amines is 1. The van der Waals surface area contributed by atoms with Gasteiger partial charge in [0.25, 0.3) is 0 Å². The fourth-order valence-electron chi connectivity index (χ4n) is 0.914. The standard InChI is InChI=1S/C7H9N3/c1-5-7(3-4-8)6(2)10-9-5/h3H2,1-2H3,(H,9,10). The molecule has 52 valence electrons. The van der Waals surface area contributed by atoms with Gasteiger partial charge in [0, 0.05) is 11.3 Å². The number of hydrogen-bond donors (Lipinski definition) is 1. The van der Waals surface area contributed by atoms with Gasteiger partial charge in [-0.2, -0.15) is 10.4 Å². The molecule has 1 aromatic rings. The molecule has 0 radical (unpaired) electrons. The SMILES string of the molecule is Cc1n[nH]c(C)c1CC#N. The molecule has 3 heteroatoms. The lowest BCUT2D eigenvalue weighted by Gasteiger charge is -1.89. The summed E-state index contributed by atoms with van der Waals surface area (Å²) in [6.45, 7) is 3.82. The van der Waals surface area contributed by atoms with Crippen LogP contribution in [-0.2, 0) is 6.42 Å². The van der Waals surface area contributed by atoms with E-state index in [1.807, 2.05) is 13.8 Å². The second kappa shape index (κ2) is 2.53. The minimum absolute atomic E-state index is 0.453. The number of nitrogens with zero attached hydrogens (tertiary/aromatic N) is 2. The highest BCUT2D eigenvalue weighted by molar-refractivity contribution is 5.25. The van der Waals surface area contributed by atoms with Crippen molar-refractivity contribution in [2.24, 2.45) is 0 Å². The smallest absolute Gasteiger partial charge is 0.0671 e. The van der Waals surface area contributed by atoms with Crippen molar-refractivity contribution in [3.63, 3.8) is 0 Å². The predicted molar refractivity (Wildman–Crippen MR) is 37.4 cm³/mol. The molecule has 1 aromatic heterocycles. The van der Waals surface area contributed by atoms with Gasteiger partial charge in [0.15, 0.2) is 0 Å². The average Bonchev–Trinajstić information content (AvgIpc) is 2.20. The summed E-state index contributed by atoms with van der Waals surface area (Å²) in [6, 6.07) is 2.09. The van der Waals surface area contributed by atoms with E-state index in [4.69, 9.17) is 5.26 Å². The Kier molecular flexibility index (Phi) is 1.72. The van der Waals surface area contributed by atoms with Crippen LogP contribution in [0, 0.1) is 25.2 Å². The van der Waals surface area contributed by atoms with Gasteiger partial charge in [-0.25, -0.2) is 0 Å². The van der Waals surface area contributed by atoms with E-state index in [2.05, 4.69) is 16.3 Å². The Morgan fingerprint density at radius 2 is 2.30 bits per heavy atom. The molecule has 0 saturated heterocycles. The molecule has 0 aliphatic carbocycles. The van der Waals surface area contributed by atoms with Gasteiger partial charge in [-0.05, 0) is 13.8 Å². The number of aryl methyl sites for hydroxylation is 2. The van der Waals surface area contributed by atoms with E-state index in [9.17, 15) is 0 Å². The Balaban J connectivity index is 3.01. The molecule has 0 bridgehead atoms. The summed E-state index contributed by atoms with van der Waals surface area (Å²) in [6.07, 6.45) is 0.453. The lowest BCUT2D eigenvalue weighted by molar-refractivity contribution is 1.02. The van der Waals surface area contributed by atoms with Crippen LogP contribution in [0.1, 0.15) is 17.0 Å². The van der Waals surface area contributed by atoms with Crippen LogP contribution in [0.2, 0.25) is 0 Å². The highest BCUT2D eigenvalue weighted by atomic mass is 15.1. The van der Waals surface area contributed by atoms with Crippen LogP contribution < -0.4 is 0 Å². The molecule has 0 aliphatic heterocycles. The summed E-state index contributed by atoms with van der Waals surface area (Å²) in [5.74, 6) is 0. The maximum absolute atomic E-state index is 8.40. The maximum Gasteiger partial charge on any atom is 0.0671 e. The molecule has 0 fully saturated rings. The Morgan fingerprint density at radius 3 is 2.70 bits per heavy atom.